The molecule has 0 radical (unpaired) electrons. The summed E-state index contributed by atoms with van der Waals surface area (Å²) in [5, 5.41) is 8.59. The van der Waals surface area contributed by atoms with Crippen LogP contribution in [0.3, 0.4) is 0 Å². The third-order valence-corrected chi connectivity index (χ3v) is 2.42. The highest BCUT2D eigenvalue weighted by molar-refractivity contribution is 5.86. The topological polar surface area (TPSA) is 57.6 Å². The molecule has 0 bridgehead atoms. The summed E-state index contributed by atoms with van der Waals surface area (Å²) in [5.74, 6) is -1.50. The van der Waals surface area contributed by atoms with Gasteiger partial charge in [-0.15, -0.1) is 0 Å². The Kier molecular flexibility index (Phi) is 4.05. The lowest BCUT2D eigenvalue weighted by molar-refractivity contribution is -0.143. The van der Waals surface area contributed by atoms with Crippen LogP contribution in [0.5, 0.6) is 0 Å². The lowest BCUT2D eigenvalue weighted by atomic mass is 10.00. The second-order valence-corrected chi connectivity index (χ2v) is 3.72. The van der Waals surface area contributed by atoms with Gasteiger partial charge in [-0.3, -0.25) is 9.59 Å². The summed E-state index contributed by atoms with van der Waals surface area (Å²) in [6.07, 6.45) is 0. The summed E-state index contributed by atoms with van der Waals surface area (Å²) < 4.78 is 0. The number of nitrogens with zero attached hydrogens (tertiary/aromatic N) is 1. The molecular formula is C12H15NO3. The second kappa shape index (κ2) is 5.30. The van der Waals surface area contributed by atoms with Gasteiger partial charge in [-0.1, -0.05) is 30.3 Å². The van der Waals surface area contributed by atoms with Crippen molar-refractivity contribution < 1.29 is 14.7 Å². The zero-order valence-corrected chi connectivity index (χ0v) is 9.38. The van der Waals surface area contributed by atoms with Gasteiger partial charge in [0.05, 0.1) is 5.92 Å². The first kappa shape index (κ1) is 12.2. The average molecular weight is 221 g/mol. The number of hydrogen-bond donors (Lipinski definition) is 1. The molecule has 0 aliphatic carbocycles. The van der Waals surface area contributed by atoms with E-state index < -0.39 is 5.97 Å². The summed E-state index contributed by atoms with van der Waals surface area (Å²) >= 11 is 0. The first-order valence-electron chi connectivity index (χ1n) is 5.04. The van der Waals surface area contributed by atoms with Gasteiger partial charge in [0.25, 0.3) is 0 Å². The van der Waals surface area contributed by atoms with Crippen molar-refractivity contribution in [3.8, 4) is 0 Å². The molecule has 0 aliphatic heterocycles. The van der Waals surface area contributed by atoms with Crippen LogP contribution in [0.2, 0.25) is 0 Å². The average Bonchev–Trinajstić information content (AvgIpc) is 2.27. The monoisotopic (exact) mass is 221 g/mol. The molecule has 4 nitrogen and oxygen atoms in total. The summed E-state index contributed by atoms with van der Waals surface area (Å²) in [7, 11) is 1.50. The molecule has 0 saturated heterocycles. The van der Waals surface area contributed by atoms with Crippen molar-refractivity contribution in [3.05, 3.63) is 35.9 Å². The highest BCUT2D eigenvalue weighted by atomic mass is 16.4. The van der Waals surface area contributed by atoms with Crippen molar-refractivity contribution in [1.29, 1.82) is 0 Å². The van der Waals surface area contributed by atoms with E-state index in [1.807, 2.05) is 30.3 Å². The standard InChI is InChI=1S/C12H15NO3/c1-9(10-6-4-3-5-7-10)12(16)13(2)8-11(14)15/h3-7,9H,8H2,1-2H3,(H,14,15)/t9-/m0/s1. The zero-order chi connectivity index (χ0) is 12.1. The highest BCUT2D eigenvalue weighted by Gasteiger charge is 2.20. The summed E-state index contributed by atoms with van der Waals surface area (Å²) in [6.45, 7) is 1.51. The molecule has 16 heavy (non-hydrogen) atoms. The predicted octanol–water partition coefficient (Wildman–Crippen LogP) is 1.33. The number of carbonyl (C=O) groups is 2. The van der Waals surface area contributed by atoms with Crippen molar-refractivity contribution in [1.82, 2.24) is 4.90 Å². The second-order valence-electron chi connectivity index (χ2n) is 3.72. The fourth-order valence-electron chi connectivity index (χ4n) is 1.50. The first-order valence-corrected chi connectivity index (χ1v) is 5.04. The fraction of sp³-hybridized carbons (Fsp3) is 0.333. The minimum Gasteiger partial charge on any atom is -0.480 e. The molecule has 0 aromatic heterocycles. The molecular weight excluding hydrogens is 206 g/mol. The predicted molar refractivity (Wildman–Crippen MR) is 60.1 cm³/mol. The van der Waals surface area contributed by atoms with E-state index in [9.17, 15) is 9.59 Å². The van der Waals surface area contributed by atoms with Crippen LogP contribution in [-0.2, 0) is 9.59 Å². The van der Waals surface area contributed by atoms with E-state index in [-0.39, 0.29) is 18.4 Å². The molecule has 86 valence electrons. The number of aliphatic carboxylic acids is 1. The van der Waals surface area contributed by atoms with E-state index in [1.165, 1.54) is 11.9 Å². The third kappa shape index (κ3) is 3.08. The smallest absolute Gasteiger partial charge is 0.323 e. The quantitative estimate of drug-likeness (QED) is 0.834. The summed E-state index contributed by atoms with van der Waals surface area (Å²) in [6, 6.07) is 9.31. The molecule has 1 N–H and O–H groups in total. The van der Waals surface area contributed by atoms with Gasteiger partial charge in [-0.05, 0) is 12.5 Å². The normalized spacial score (nSPS) is 11.9. The molecule has 0 aliphatic rings. The van der Waals surface area contributed by atoms with Gasteiger partial charge in [0.2, 0.25) is 5.91 Å². The number of amides is 1. The maximum absolute atomic E-state index is 11.8. The first-order chi connectivity index (χ1) is 7.52. The SMILES string of the molecule is C[C@H](C(=O)N(C)CC(=O)O)c1ccccc1. The van der Waals surface area contributed by atoms with Crippen LogP contribution in [0.15, 0.2) is 30.3 Å². The Morgan fingerprint density at radius 1 is 1.31 bits per heavy atom. The van der Waals surface area contributed by atoms with E-state index in [2.05, 4.69) is 0 Å². The van der Waals surface area contributed by atoms with Crippen LogP contribution in [0.25, 0.3) is 0 Å². The van der Waals surface area contributed by atoms with E-state index in [4.69, 9.17) is 5.11 Å². The van der Waals surface area contributed by atoms with Crippen LogP contribution >= 0.6 is 0 Å². The summed E-state index contributed by atoms with van der Waals surface area (Å²) in [5.41, 5.74) is 0.893. The molecule has 4 heteroatoms. The largest absolute Gasteiger partial charge is 0.480 e. The molecule has 0 spiro atoms. The molecule has 0 unspecified atom stereocenters. The van der Waals surface area contributed by atoms with E-state index in [0.29, 0.717) is 0 Å². The molecule has 0 saturated carbocycles. The summed E-state index contributed by atoms with van der Waals surface area (Å²) in [4.78, 5) is 23.5. The fourth-order valence-corrected chi connectivity index (χ4v) is 1.50. The van der Waals surface area contributed by atoms with Crippen LogP contribution in [-0.4, -0.2) is 35.5 Å². The maximum Gasteiger partial charge on any atom is 0.323 e. The molecule has 1 atom stereocenters. The van der Waals surface area contributed by atoms with Crippen molar-refractivity contribution in [2.24, 2.45) is 0 Å². The minimum absolute atomic E-state index is 0.186. The molecule has 1 aromatic carbocycles. The van der Waals surface area contributed by atoms with E-state index >= 15 is 0 Å². The van der Waals surface area contributed by atoms with Crippen molar-refractivity contribution in [2.75, 3.05) is 13.6 Å². The maximum atomic E-state index is 11.8. The van der Waals surface area contributed by atoms with Crippen LogP contribution in [0, 0.1) is 0 Å². The molecule has 0 fully saturated rings. The van der Waals surface area contributed by atoms with Gasteiger partial charge in [0.15, 0.2) is 0 Å². The van der Waals surface area contributed by atoms with Crippen molar-refractivity contribution >= 4 is 11.9 Å². The van der Waals surface area contributed by atoms with Crippen molar-refractivity contribution in [2.45, 2.75) is 12.8 Å². The number of likely N-dealkylation sites (N-methyl/N-ethyl adjacent to an activating group) is 1. The number of carbonyl (C=O) groups excluding carboxylic acids is 1. The number of benzene rings is 1. The Morgan fingerprint density at radius 2 is 1.88 bits per heavy atom. The Bertz CT molecular complexity index is 375. The third-order valence-electron chi connectivity index (χ3n) is 2.42. The highest BCUT2D eigenvalue weighted by Crippen LogP contribution is 2.16. The van der Waals surface area contributed by atoms with Gasteiger partial charge < -0.3 is 10.0 Å². The number of carboxylic acids is 1. The van der Waals surface area contributed by atoms with Gasteiger partial charge in [-0.25, -0.2) is 0 Å². The van der Waals surface area contributed by atoms with E-state index in [0.717, 1.165) is 5.56 Å². The van der Waals surface area contributed by atoms with Gasteiger partial charge in [0.1, 0.15) is 6.54 Å². The molecule has 0 heterocycles. The van der Waals surface area contributed by atoms with Gasteiger partial charge in [0, 0.05) is 7.05 Å². The number of rotatable bonds is 4. The Labute approximate surface area is 94.5 Å². The van der Waals surface area contributed by atoms with Crippen LogP contribution in [0.4, 0.5) is 0 Å². The van der Waals surface area contributed by atoms with Crippen LogP contribution < -0.4 is 0 Å². The van der Waals surface area contributed by atoms with Gasteiger partial charge >= 0.3 is 5.97 Å². The minimum atomic E-state index is -1.00. The Hall–Kier alpha value is -1.84. The van der Waals surface area contributed by atoms with Gasteiger partial charge in [-0.2, -0.15) is 0 Å². The Morgan fingerprint density at radius 3 is 2.38 bits per heavy atom. The Balaban J connectivity index is 2.71. The number of hydrogen-bond acceptors (Lipinski definition) is 2. The molecule has 1 aromatic rings. The number of carboxylic acid groups (broad SMARTS) is 1. The van der Waals surface area contributed by atoms with E-state index in [1.54, 1.807) is 6.92 Å². The lowest BCUT2D eigenvalue weighted by Gasteiger charge is -2.19. The van der Waals surface area contributed by atoms with Crippen molar-refractivity contribution in [3.63, 3.8) is 0 Å². The molecule has 1 rings (SSSR count). The lowest BCUT2D eigenvalue weighted by Crippen LogP contribution is -2.34. The molecule has 1 amide bonds. The zero-order valence-electron chi connectivity index (χ0n) is 9.38. The van der Waals surface area contributed by atoms with Crippen LogP contribution in [0.1, 0.15) is 18.4 Å².